The molecule has 7 heteroatoms. The largest absolute Gasteiger partial charge is 0.347 e. The van der Waals surface area contributed by atoms with E-state index in [4.69, 9.17) is 9.47 Å². The zero-order valence-electron chi connectivity index (χ0n) is 11.9. The molecule has 3 aromatic rings. The molecule has 0 unspecified atom stereocenters. The number of hydrogen-bond acceptors (Lipinski definition) is 6. The van der Waals surface area contributed by atoms with Crippen molar-refractivity contribution in [2.45, 2.75) is 20.1 Å². The minimum atomic E-state index is -0.471. The molecule has 0 aliphatic carbocycles. The van der Waals surface area contributed by atoms with Gasteiger partial charge in [-0.1, -0.05) is 5.21 Å². The van der Waals surface area contributed by atoms with Crippen LogP contribution in [0.2, 0.25) is 0 Å². The maximum atomic E-state index is 5.53. The monoisotopic (exact) mass is 304 g/mol. The summed E-state index contributed by atoms with van der Waals surface area (Å²) in [6.07, 6.45) is 1.36. The van der Waals surface area contributed by atoms with E-state index in [2.05, 4.69) is 15.3 Å². The van der Waals surface area contributed by atoms with E-state index in [9.17, 15) is 0 Å². The highest BCUT2D eigenvalue weighted by Gasteiger charge is 2.16. The van der Waals surface area contributed by atoms with Crippen LogP contribution >= 0.6 is 11.3 Å². The predicted molar refractivity (Wildman–Crippen MR) is 80.5 cm³/mol. The number of rotatable bonds is 6. The second-order valence-electron chi connectivity index (χ2n) is 4.33. The third kappa shape index (κ3) is 2.94. The second-order valence-corrected chi connectivity index (χ2v) is 5.22. The molecule has 0 saturated heterocycles. The molecular weight excluding hydrogens is 288 g/mol. The van der Waals surface area contributed by atoms with Crippen LogP contribution in [0, 0.1) is 0 Å². The fraction of sp³-hybridized carbons (Fsp3) is 0.357. The Kier molecular flexibility index (Phi) is 4.23. The molecule has 0 atom stereocenters. The fourth-order valence-corrected chi connectivity index (χ4v) is 2.73. The first kappa shape index (κ1) is 14.1. The lowest BCUT2D eigenvalue weighted by Gasteiger charge is -2.13. The zero-order chi connectivity index (χ0) is 14.7. The lowest BCUT2D eigenvalue weighted by molar-refractivity contribution is -0.142. The number of nitrogens with zero attached hydrogens (tertiary/aromatic N) is 4. The van der Waals surface area contributed by atoms with Gasteiger partial charge in [0.25, 0.3) is 0 Å². The molecule has 0 spiro atoms. The number of thiazole rings is 1. The number of benzene rings is 1. The normalized spacial score (nSPS) is 11.6. The minimum absolute atomic E-state index is 0.471. The van der Waals surface area contributed by atoms with Crippen LogP contribution < -0.4 is 0 Å². The molecule has 0 N–H and O–H groups in total. The van der Waals surface area contributed by atoms with E-state index in [0.29, 0.717) is 18.9 Å². The molecule has 0 bridgehead atoms. The second kappa shape index (κ2) is 6.30. The molecule has 2 heterocycles. The van der Waals surface area contributed by atoms with Crippen molar-refractivity contribution in [3.63, 3.8) is 0 Å². The third-order valence-corrected chi connectivity index (χ3v) is 3.76. The van der Waals surface area contributed by atoms with Crippen LogP contribution in [-0.4, -0.2) is 33.2 Å². The number of hydrogen-bond donors (Lipinski definition) is 0. The molecule has 3 rings (SSSR count). The van der Waals surface area contributed by atoms with Gasteiger partial charge in [-0.05, 0) is 32.0 Å². The summed E-state index contributed by atoms with van der Waals surface area (Å²) in [6, 6.07) is 5.99. The van der Waals surface area contributed by atoms with Crippen molar-refractivity contribution in [1.29, 1.82) is 0 Å². The molecule has 0 fully saturated rings. The van der Waals surface area contributed by atoms with E-state index in [1.54, 1.807) is 16.0 Å². The SMILES string of the molecule is CCOC(OCC)c1cn(-c2ccc3ncsc3c2)nn1. The fourth-order valence-electron chi connectivity index (χ4n) is 2.02. The van der Waals surface area contributed by atoms with Gasteiger partial charge in [0.2, 0.25) is 6.29 Å². The highest BCUT2D eigenvalue weighted by molar-refractivity contribution is 7.16. The van der Waals surface area contributed by atoms with Gasteiger partial charge < -0.3 is 9.47 Å². The Morgan fingerprint density at radius 2 is 2.05 bits per heavy atom. The van der Waals surface area contributed by atoms with Crippen LogP contribution in [0.3, 0.4) is 0 Å². The Hall–Kier alpha value is -1.83. The molecule has 0 aliphatic heterocycles. The topological polar surface area (TPSA) is 62.1 Å². The lowest BCUT2D eigenvalue weighted by Crippen LogP contribution is -2.09. The van der Waals surface area contributed by atoms with E-state index in [0.717, 1.165) is 15.9 Å². The molecule has 0 aliphatic rings. The van der Waals surface area contributed by atoms with E-state index >= 15 is 0 Å². The summed E-state index contributed by atoms with van der Waals surface area (Å²) in [5.74, 6) is 0. The van der Waals surface area contributed by atoms with Crippen LogP contribution in [-0.2, 0) is 9.47 Å². The van der Waals surface area contributed by atoms with Gasteiger partial charge in [-0.3, -0.25) is 0 Å². The highest BCUT2D eigenvalue weighted by atomic mass is 32.1. The molecule has 110 valence electrons. The quantitative estimate of drug-likeness (QED) is 0.655. The first-order valence-corrected chi connectivity index (χ1v) is 7.69. The summed E-state index contributed by atoms with van der Waals surface area (Å²) in [5, 5.41) is 8.30. The maximum Gasteiger partial charge on any atom is 0.204 e. The Labute approximate surface area is 126 Å². The van der Waals surface area contributed by atoms with Gasteiger partial charge in [-0.2, -0.15) is 0 Å². The van der Waals surface area contributed by atoms with Crippen molar-refractivity contribution in [2.75, 3.05) is 13.2 Å². The van der Waals surface area contributed by atoms with Crippen LogP contribution in [0.5, 0.6) is 0 Å². The van der Waals surface area contributed by atoms with Crippen LogP contribution in [0.25, 0.3) is 15.9 Å². The Balaban J connectivity index is 1.89. The molecule has 2 aromatic heterocycles. The van der Waals surface area contributed by atoms with Crippen molar-refractivity contribution >= 4 is 21.6 Å². The molecule has 0 amide bonds. The maximum absolute atomic E-state index is 5.53. The van der Waals surface area contributed by atoms with Crippen molar-refractivity contribution in [1.82, 2.24) is 20.0 Å². The molecule has 0 radical (unpaired) electrons. The van der Waals surface area contributed by atoms with Crippen molar-refractivity contribution in [2.24, 2.45) is 0 Å². The van der Waals surface area contributed by atoms with E-state index in [-0.39, 0.29) is 0 Å². The van der Waals surface area contributed by atoms with Crippen LogP contribution in [0.4, 0.5) is 0 Å². The molecule has 6 nitrogen and oxygen atoms in total. The minimum Gasteiger partial charge on any atom is -0.347 e. The van der Waals surface area contributed by atoms with Gasteiger partial charge in [0.1, 0.15) is 5.69 Å². The first-order valence-electron chi connectivity index (χ1n) is 6.81. The van der Waals surface area contributed by atoms with Crippen LogP contribution in [0.1, 0.15) is 25.8 Å². The molecule has 1 aromatic carbocycles. The smallest absolute Gasteiger partial charge is 0.204 e. The van der Waals surface area contributed by atoms with E-state index < -0.39 is 6.29 Å². The van der Waals surface area contributed by atoms with Gasteiger partial charge in [-0.25, -0.2) is 9.67 Å². The molecular formula is C14H16N4O2S. The first-order chi connectivity index (χ1) is 10.3. The lowest BCUT2D eigenvalue weighted by atomic mass is 10.3. The van der Waals surface area contributed by atoms with Gasteiger partial charge in [-0.15, -0.1) is 16.4 Å². The van der Waals surface area contributed by atoms with Gasteiger partial charge in [0.15, 0.2) is 0 Å². The Morgan fingerprint density at radius 1 is 1.24 bits per heavy atom. The van der Waals surface area contributed by atoms with Gasteiger partial charge in [0, 0.05) is 13.2 Å². The number of ether oxygens (including phenoxy) is 2. The molecule has 0 saturated carbocycles. The Bertz CT molecular complexity index is 718. The highest BCUT2D eigenvalue weighted by Crippen LogP contribution is 2.22. The molecule has 21 heavy (non-hydrogen) atoms. The summed E-state index contributed by atoms with van der Waals surface area (Å²) in [4.78, 5) is 4.27. The average Bonchev–Trinajstić information content (AvgIpc) is 3.15. The summed E-state index contributed by atoms with van der Waals surface area (Å²) in [6.45, 7) is 4.97. The predicted octanol–water partition coefficient (Wildman–Crippen LogP) is 2.95. The average molecular weight is 304 g/mol. The number of aromatic nitrogens is 4. The number of fused-ring (bicyclic) bond motifs is 1. The zero-order valence-corrected chi connectivity index (χ0v) is 12.7. The Morgan fingerprint density at radius 3 is 2.81 bits per heavy atom. The summed E-state index contributed by atoms with van der Waals surface area (Å²) < 4.78 is 13.9. The van der Waals surface area contributed by atoms with Crippen molar-refractivity contribution in [3.05, 3.63) is 35.6 Å². The van der Waals surface area contributed by atoms with E-state index in [1.807, 2.05) is 43.8 Å². The van der Waals surface area contributed by atoms with Crippen molar-refractivity contribution in [3.8, 4) is 5.69 Å². The standard InChI is InChI=1S/C14H16N4O2S/c1-3-19-14(20-4-2)12-8-18(17-16-12)10-5-6-11-13(7-10)21-9-15-11/h5-9,14H,3-4H2,1-2H3. The van der Waals surface area contributed by atoms with Gasteiger partial charge in [0.05, 0.1) is 27.6 Å². The summed E-state index contributed by atoms with van der Waals surface area (Å²) in [5.41, 5.74) is 4.44. The van der Waals surface area contributed by atoms with Crippen molar-refractivity contribution < 1.29 is 9.47 Å². The van der Waals surface area contributed by atoms with E-state index in [1.165, 1.54) is 0 Å². The van der Waals surface area contributed by atoms with Gasteiger partial charge >= 0.3 is 0 Å². The summed E-state index contributed by atoms with van der Waals surface area (Å²) in [7, 11) is 0. The summed E-state index contributed by atoms with van der Waals surface area (Å²) >= 11 is 1.60. The van der Waals surface area contributed by atoms with Crippen LogP contribution in [0.15, 0.2) is 29.9 Å². The third-order valence-electron chi connectivity index (χ3n) is 2.97.